The maximum absolute atomic E-state index is 13.2. The Hall–Kier alpha value is -3.02. The number of nitrogens with one attached hydrogen (secondary N) is 2. The van der Waals surface area contributed by atoms with Gasteiger partial charge >= 0.3 is 0 Å². The summed E-state index contributed by atoms with van der Waals surface area (Å²) in [5.74, 6) is -2.15. The molecule has 15 nitrogen and oxygen atoms in total. The van der Waals surface area contributed by atoms with Crippen molar-refractivity contribution in [2.24, 2.45) is 0 Å². The number of anilines is 1. The first-order valence-electron chi connectivity index (χ1n) is 22.2. The van der Waals surface area contributed by atoms with E-state index in [0.717, 1.165) is 17.9 Å². The molecule has 2 N–H and O–H groups in total. The number of carbonyl (C=O) groups is 4. The Morgan fingerprint density at radius 2 is 0.966 bits per heavy atom. The molecule has 1 saturated heterocycles. The van der Waals surface area contributed by atoms with Gasteiger partial charge in [0, 0.05) is 25.3 Å². The van der Waals surface area contributed by atoms with E-state index in [-0.39, 0.29) is 24.0 Å². The lowest BCUT2D eigenvalue weighted by Crippen LogP contribution is -2.54. The highest BCUT2D eigenvalue weighted by atomic mass is 16.6. The van der Waals surface area contributed by atoms with Gasteiger partial charge in [0.25, 0.3) is 11.8 Å². The molecule has 15 heteroatoms. The van der Waals surface area contributed by atoms with Crippen molar-refractivity contribution < 1.29 is 57.1 Å². The minimum absolute atomic E-state index is 0.0700. The molecule has 4 amide bonds. The topological polar surface area (TPSA) is 169 Å². The molecule has 1 aromatic rings. The highest BCUT2D eigenvalue weighted by molar-refractivity contribution is 6.25. The van der Waals surface area contributed by atoms with Crippen LogP contribution in [-0.2, 0) is 47.5 Å². The van der Waals surface area contributed by atoms with E-state index >= 15 is 0 Å². The van der Waals surface area contributed by atoms with E-state index in [1.54, 1.807) is 18.2 Å². The van der Waals surface area contributed by atoms with Gasteiger partial charge in [0.15, 0.2) is 0 Å². The fourth-order valence-electron chi connectivity index (χ4n) is 6.78. The van der Waals surface area contributed by atoms with Gasteiger partial charge in [-0.3, -0.25) is 29.4 Å². The van der Waals surface area contributed by atoms with E-state index in [1.165, 1.54) is 77.0 Å². The highest BCUT2D eigenvalue weighted by Crippen LogP contribution is 2.32. The summed E-state index contributed by atoms with van der Waals surface area (Å²) < 4.78 is 44.5. The second-order valence-corrected chi connectivity index (χ2v) is 14.7. The number of benzene rings is 1. The van der Waals surface area contributed by atoms with Gasteiger partial charge in [0.2, 0.25) is 11.8 Å². The zero-order valence-electron chi connectivity index (χ0n) is 35.8. The number of rotatable bonds is 40. The molecule has 1 unspecified atom stereocenters. The van der Waals surface area contributed by atoms with Crippen LogP contribution in [0.1, 0.15) is 124 Å². The molecule has 0 saturated carbocycles. The van der Waals surface area contributed by atoms with Crippen molar-refractivity contribution in [2.45, 2.75) is 109 Å². The number of fused-ring (bicyclic) bond motifs is 1. The van der Waals surface area contributed by atoms with Crippen molar-refractivity contribution >= 4 is 29.3 Å². The number of carbonyl (C=O) groups excluding carboxylic acids is 4. The molecule has 2 aliphatic rings. The van der Waals surface area contributed by atoms with Gasteiger partial charge in [0.05, 0.1) is 110 Å². The van der Waals surface area contributed by atoms with Crippen molar-refractivity contribution in [1.29, 1.82) is 0 Å². The number of hydrogen-bond acceptors (Lipinski definition) is 13. The minimum atomic E-state index is -1.01. The van der Waals surface area contributed by atoms with E-state index in [4.69, 9.17) is 37.9 Å². The van der Waals surface area contributed by atoms with Gasteiger partial charge in [0.1, 0.15) is 6.04 Å². The second-order valence-electron chi connectivity index (χ2n) is 14.7. The van der Waals surface area contributed by atoms with Gasteiger partial charge in [-0.25, -0.2) is 0 Å². The lowest BCUT2D eigenvalue weighted by molar-refractivity contribution is -0.136. The Morgan fingerprint density at radius 3 is 1.42 bits per heavy atom. The number of hydrogen-bond donors (Lipinski definition) is 2. The lowest BCUT2D eigenvalue weighted by atomic mass is 10.0. The SMILES string of the molecule is CCCCCCCCCCCCCCCOCCOCCOCCOCCOCCOCCOCCOCCNc1cccc2c1C(=O)N(C1CCC(=O)NC1=O)C2=O. The molecule has 1 aromatic carbocycles. The summed E-state index contributed by atoms with van der Waals surface area (Å²) in [6.45, 7) is 10.7. The third-order valence-electron chi connectivity index (χ3n) is 10.0. The van der Waals surface area contributed by atoms with Crippen LogP contribution in [0.2, 0.25) is 0 Å². The van der Waals surface area contributed by atoms with Gasteiger partial charge in [-0.15, -0.1) is 0 Å². The number of piperidine rings is 1. The molecule has 3 rings (SSSR count). The fourth-order valence-corrected chi connectivity index (χ4v) is 6.78. The van der Waals surface area contributed by atoms with Crippen LogP contribution in [0.4, 0.5) is 5.69 Å². The molecule has 0 aromatic heterocycles. The van der Waals surface area contributed by atoms with Crippen LogP contribution in [0.15, 0.2) is 18.2 Å². The number of ether oxygens (including phenoxy) is 8. The van der Waals surface area contributed by atoms with Crippen LogP contribution in [0.25, 0.3) is 0 Å². The first kappa shape index (κ1) is 50.3. The third-order valence-corrected chi connectivity index (χ3v) is 10.0. The predicted molar refractivity (Wildman–Crippen MR) is 224 cm³/mol. The molecule has 0 radical (unpaired) electrons. The molecule has 0 bridgehead atoms. The largest absolute Gasteiger partial charge is 0.382 e. The number of imide groups is 2. The molecular formula is C44H73N3O12. The van der Waals surface area contributed by atoms with Gasteiger partial charge in [-0.2, -0.15) is 0 Å². The summed E-state index contributed by atoms with van der Waals surface area (Å²) in [6, 6.07) is 3.93. The van der Waals surface area contributed by atoms with Crippen LogP contribution < -0.4 is 10.6 Å². The Kier molecular flexibility index (Phi) is 28.7. The highest BCUT2D eigenvalue weighted by Gasteiger charge is 2.45. The monoisotopic (exact) mass is 836 g/mol. The number of amides is 4. The molecule has 2 heterocycles. The molecule has 59 heavy (non-hydrogen) atoms. The summed E-state index contributed by atoms with van der Waals surface area (Å²) in [5.41, 5.74) is 0.926. The summed E-state index contributed by atoms with van der Waals surface area (Å²) in [6.07, 6.45) is 17.8. The molecule has 1 atom stereocenters. The number of unbranched alkanes of at least 4 members (excludes halogenated alkanes) is 12. The summed E-state index contributed by atoms with van der Waals surface area (Å²) >= 11 is 0. The van der Waals surface area contributed by atoms with E-state index in [9.17, 15) is 19.2 Å². The Bertz CT molecular complexity index is 1300. The van der Waals surface area contributed by atoms with Crippen LogP contribution in [-0.4, -0.2) is 147 Å². The van der Waals surface area contributed by atoms with Crippen molar-refractivity contribution in [3.8, 4) is 0 Å². The van der Waals surface area contributed by atoms with E-state index in [0.29, 0.717) is 111 Å². The van der Waals surface area contributed by atoms with E-state index in [2.05, 4.69) is 17.6 Å². The Balaban J connectivity index is 0.981. The van der Waals surface area contributed by atoms with E-state index in [1.807, 2.05) is 0 Å². The smallest absolute Gasteiger partial charge is 0.264 e. The molecule has 2 aliphatic heterocycles. The van der Waals surface area contributed by atoms with Crippen LogP contribution in [0, 0.1) is 0 Å². The zero-order valence-corrected chi connectivity index (χ0v) is 35.8. The fraction of sp³-hybridized carbons (Fsp3) is 0.773. The third kappa shape index (κ3) is 21.9. The zero-order chi connectivity index (χ0) is 42.0. The molecular weight excluding hydrogens is 762 g/mol. The van der Waals surface area contributed by atoms with Crippen molar-refractivity contribution in [3.05, 3.63) is 29.3 Å². The summed E-state index contributed by atoms with van der Waals surface area (Å²) in [7, 11) is 0. The second kappa shape index (κ2) is 33.7. The first-order chi connectivity index (χ1) is 29.0. The van der Waals surface area contributed by atoms with Gasteiger partial charge < -0.3 is 43.2 Å². The van der Waals surface area contributed by atoms with Crippen LogP contribution >= 0.6 is 0 Å². The Morgan fingerprint density at radius 1 is 0.542 bits per heavy atom. The van der Waals surface area contributed by atoms with Crippen LogP contribution in [0.3, 0.4) is 0 Å². The van der Waals surface area contributed by atoms with Crippen molar-refractivity contribution in [1.82, 2.24) is 10.2 Å². The maximum atomic E-state index is 13.2. The minimum Gasteiger partial charge on any atom is -0.382 e. The van der Waals surface area contributed by atoms with Gasteiger partial charge in [-0.05, 0) is 25.0 Å². The summed E-state index contributed by atoms with van der Waals surface area (Å²) in [5, 5.41) is 5.35. The van der Waals surface area contributed by atoms with Crippen molar-refractivity contribution in [2.75, 3.05) is 118 Å². The average Bonchev–Trinajstić information content (AvgIpc) is 3.49. The number of nitrogens with zero attached hydrogens (tertiary/aromatic N) is 1. The molecule has 1 fully saturated rings. The Labute approximate surface area is 352 Å². The maximum Gasteiger partial charge on any atom is 0.264 e. The van der Waals surface area contributed by atoms with Crippen molar-refractivity contribution in [3.63, 3.8) is 0 Å². The lowest BCUT2D eigenvalue weighted by Gasteiger charge is -2.27. The first-order valence-corrected chi connectivity index (χ1v) is 22.2. The molecule has 0 spiro atoms. The molecule has 0 aliphatic carbocycles. The van der Waals surface area contributed by atoms with Crippen LogP contribution in [0.5, 0.6) is 0 Å². The van der Waals surface area contributed by atoms with Gasteiger partial charge in [-0.1, -0.05) is 90.0 Å². The predicted octanol–water partition coefficient (Wildman–Crippen LogP) is 5.72. The summed E-state index contributed by atoms with van der Waals surface area (Å²) in [4.78, 5) is 50.9. The quantitative estimate of drug-likeness (QED) is 0.0609. The van der Waals surface area contributed by atoms with E-state index < -0.39 is 29.7 Å². The normalized spacial score (nSPS) is 15.3. The average molecular weight is 836 g/mol. The standard InChI is InChI=1S/C44H73N3O12/c1-2-3-4-5-6-7-8-9-10-11-12-13-14-21-52-23-25-54-27-29-56-31-33-58-35-36-59-34-32-57-30-28-55-26-24-53-22-20-45-38-17-15-16-37-41(38)44(51)47(43(37)50)39-18-19-40(48)46-42(39)49/h15-17,39,45H,2-14,18-36H2,1H3,(H,46,48,49). The molecule has 336 valence electrons.